The molecule has 8 nitrogen and oxygen atoms in total. The van der Waals surface area contributed by atoms with Gasteiger partial charge >= 0.3 is 0 Å². The van der Waals surface area contributed by atoms with Gasteiger partial charge in [-0.1, -0.05) is 133 Å². The highest BCUT2D eigenvalue weighted by Crippen LogP contribution is 2.47. The molecule has 3 aliphatic rings. The fraction of sp³-hybridized carbons (Fsp3) is 0.534. The van der Waals surface area contributed by atoms with Crippen molar-refractivity contribution in [1.82, 2.24) is 29.6 Å². The Morgan fingerprint density at radius 3 is 2.33 bits per heavy atom. The van der Waals surface area contributed by atoms with Gasteiger partial charge in [-0.05, 0) is 199 Å². The van der Waals surface area contributed by atoms with Crippen molar-refractivity contribution in [3.63, 3.8) is 0 Å². The maximum absolute atomic E-state index is 6.01. The van der Waals surface area contributed by atoms with Crippen LogP contribution in [0.4, 0.5) is 0 Å². The highest BCUT2D eigenvalue weighted by Gasteiger charge is 2.40. The Morgan fingerprint density at radius 2 is 1.65 bits per heavy atom. The van der Waals surface area contributed by atoms with E-state index in [9.17, 15) is 0 Å². The Morgan fingerprint density at radius 1 is 0.914 bits per heavy atom. The summed E-state index contributed by atoms with van der Waals surface area (Å²) in [5.74, 6) is 1.47. The molecule has 436 valence electrons. The zero-order valence-electron chi connectivity index (χ0n) is 52.5. The second kappa shape index (κ2) is 26.7. The normalized spacial score (nSPS) is 18.5. The van der Waals surface area contributed by atoms with E-state index in [4.69, 9.17) is 35.4 Å². The number of aliphatic imine (C=N–C) groups is 1. The third-order valence-corrected chi connectivity index (χ3v) is 19.3. The quantitative estimate of drug-likeness (QED) is 0.0403. The number of rotatable bonds is 27. The van der Waals surface area contributed by atoms with Crippen molar-refractivity contribution < 1.29 is 0 Å². The van der Waals surface area contributed by atoms with Gasteiger partial charge in [-0.2, -0.15) is 0 Å². The number of unbranched alkanes of at least 4 members (excludes halogenated alkanes) is 1. The van der Waals surface area contributed by atoms with Crippen LogP contribution in [0, 0.1) is 29.6 Å². The molecule has 0 bridgehead atoms. The van der Waals surface area contributed by atoms with Gasteiger partial charge in [-0.25, -0.2) is 0 Å². The van der Waals surface area contributed by atoms with Gasteiger partial charge in [0.15, 0.2) is 0 Å². The summed E-state index contributed by atoms with van der Waals surface area (Å²) in [6.45, 7) is 45.5. The molecule has 5 aromatic rings. The van der Waals surface area contributed by atoms with Crippen LogP contribution in [0.25, 0.3) is 33.3 Å². The molecular formula is C73H104N8. The Kier molecular flexibility index (Phi) is 20.2. The van der Waals surface area contributed by atoms with Crippen LogP contribution in [-0.2, 0) is 19.4 Å². The Labute approximate surface area is 491 Å². The number of aryl methyl sites for hydroxylation is 2. The van der Waals surface area contributed by atoms with Gasteiger partial charge in [-0.3, -0.25) is 9.98 Å². The van der Waals surface area contributed by atoms with E-state index in [0.717, 1.165) is 102 Å². The molecular weight excluding hydrogens is 989 g/mol. The van der Waals surface area contributed by atoms with Crippen molar-refractivity contribution in [3.8, 4) is 22.4 Å². The molecule has 8 rings (SSSR count). The fourth-order valence-corrected chi connectivity index (χ4v) is 14.1. The molecule has 8 heteroatoms. The van der Waals surface area contributed by atoms with E-state index in [2.05, 4.69) is 194 Å². The number of likely N-dealkylation sites (N-methyl/N-ethyl adjacent to an activating group) is 2. The van der Waals surface area contributed by atoms with Crippen molar-refractivity contribution in [3.05, 3.63) is 161 Å². The number of hydrogen-bond acceptors (Lipinski definition) is 7. The van der Waals surface area contributed by atoms with Gasteiger partial charge in [0.1, 0.15) is 0 Å². The smallest absolute Gasteiger partial charge is 0.0699 e. The lowest BCUT2D eigenvalue weighted by Crippen LogP contribution is -2.47. The van der Waals surface area contributed by atoms with Crippen LogP contribution >= 0.6 is 0 Å². The number of nitrogens with two attached hydrogens (primary N) is 1. The van der Waals surface area contributed by atoms with Gasteiger partial charge in [0, 0.05) is 90.7 Å². The van der Waals surface area contributed by atoms with Crippen molar-refractivity contribution >= 4 is 16.6 Å². The number of fused-ring (bicyclic) bond motifs is 1. The Balaban J connectivity index is 1.17. The molecule has 3 aromatic carbocycles. The summed E-state index contributed by atoms with van der Waals surface area (Å²) in [5.41, 5.74) is 26.2. The number of allylic oxidation sites excluding steroid dienone is 2. The van der Waals surface area contributed by atoms with E-state index in [1.807, 2.05) is 0 Å². The molecule has 81 heavy (non-hydrogen) atoms. The standard InChI is InChI=1S/C73H104N8/c1-17-52(8)69-64(44-60(47-75-69)67-46-73(48-76-67)33-37-78(14)38-34-73)71-65(45-72(12,13)32-31-49(3)4)63-43-58(29-30-68(63)81(71)18-2)59-40-51(7)39-56(41-59)42-66(55(11)79(15)36-23-22-35-74)77-53(9)70(50(5)6)80(16)54(10)61-27-24-28-62(61)57-25-20-19-21-26-57/h19-21,25-26,29-30,39-41,43-44,47,50,52,61-62,66,70,77H,3,9-11,17-18,22-24,27-28,31-38,42,45-46,48,74H2,1-2,4-8,12-16H3. The number of aromatic nitrogens is 2. The zero-order valence-corrected chi connectivity index (χ0v) is 52.5. The highest BCUT2D eigenvalue weighted by molar-refractivity contribution is 6.03. The SMILES string of the molecule is C=C(C)CCC(C)(C)Cc1c(-c2cc(C3=NCC4(CCN(C)CC4)C3)cnc2C(C)CC)n(CC)c2ccc(-c3cc(C)cc(CC(NC(=C)C(C(C)C)N(C)C(=C)C4CCCC4c4ccccc4)C(=C)N(C)CCCCN)c3)cc12. The van der Waals surface area contributed by atoms with Crippen molar-refractivity contribution in [2.45, 2.75) is 176 Å². The molecule has 2 aliphatic heterocycles. The second-order valence-electron chi connectivity index (χ2n) is 26.7. The van der Waals surface area contributed by atoms with Gasteiger partial charge < -0.3 is 30.3 Å². The topological polar surface area (TPSA) is 78.0 Å². The second-order valence-corrected chi connectivity index (χ2v) is 26.7. The Bertz CT molecular complexity index is 3030. The molecule has 2 fully saturated rings. The first-order valence-corrected chi connectivity index (χ1v) is 31.3. The predicted molar refractivity (Wildman–Crippen MR) is 348 cm³/mol. The van der Waals surface area contributed by atoms with E-state index in [1.165, 1.54) is 109 Å². The first-order valence-electron chi connectivity index (χ1n) is 31.3. The summed E-state index contributed by atoms with van der Waals surface area (Å²) < 4.78 is 2.61. The summed E-state index contributed by atoms with van der Waals surface area (Å²) in [5, 5.41) is 5.39. The van der Waals surface area contributed by atoms with Crippen molar-refractivity contribution in [2.24, 2.45) is 33.4 Å². The number of piperidine rings is 1. The van der Waals surface area contributed by atoms with Gasteiger partial charge in [-0.15, -0.1) is 6.58 Å². The summed E-state index contributed by atoms with van der Waals surface area (Å²) >= 11 is 0. The monoisotopic (exact) mass is 1090 g/mol. The third-order valence-electron chi connectivity index (χ3n) is 19.3. The molecule has 4 heterocycles. The number of nitrogens with zero attached hydrogens (tertiary/aromatic N) is 6. The average Bonchev–Trinajstić information content (AvgIpc) is 4.30. The first kappa shape index (κ1) is 61.4. The molecule has 1 spiro atoms. The maximum Gasteiger partial charge on any atom is 0.0699 e. The Hall–Kier alpha value is -5.70. The molecule has 5 atom stereocenters. The molecule has 0 amide bonds. The minimum Gasteiger partial charge on any atom is -0.379 e. The number of likely N-dealkylation sites (tertiary alicyclic amines) is 1. The molecule has 1 aliphatic carbocycles. The lowest BCUT2D eigenvalue weighted by atomic mass is 9.75. The lowest BCUT2D eigenvalue weighted by Gasteiger charge is -2.41. The lowest BCUT2D eigenvalue weighted by molar-refractivity contribution is 0.143. The van der Waals surface area contributed by atoms with Gasteiger partial charge in [0.2, 0.25) is 0 Å². The summed E-state index contributed by atoms with van der Waals surface area (Å²) in [7, 11) is 6.69. The fourth-order valence-electron chi connectivity index (χ4n) is 14.1. The largest absolute Gasteiger partial charge is 0.379 e. The van der Waals surface area contributed by atoms with E-state index < -0.39 is 0 Å². The summed E-state index contributed by atoms with van der Waals surface area (Å²) in [6, 6.07) is 28.0. The molecule has 5 unspecified atom stereocenters. The van der Waals surface area contributed by atoms with Crippen molar-refractivity contribution in [1.29, 1.82) is 0 Å². The van der Waals surface area contributed by atoms with Crippen LogP contribution < -0.4 is 11.1 Å². The molecule has 1 saturated carbocycles. The number of hydrogen-bond donors (Lipinski definition) is 2. The van der Waals surface area contributed by atoms with Crippen LogP contribution in [0.2, 0.25) is 0 Å². The zero-order chi connectivity index (χ0) is 58.3. The third kappa shape index (κ3) is 14.2. The molecule has 2 aromatic heterocycles. The molecule has 0 radical (unpaired) electrons. The van der Waals surface area contributed by atoms with Crippen LogP contribution in [0.1, 0.15) is 171 Å². The maximum atomic E-state index is 6.01. The van der Waals surface area contributed by atoms with Gasteiger partial charge in [0.05, 0.1) is 23.5 Å². The van der Waals surface area contributed by atoms with Gasteiger partial charge in [0.25, 0.3) is 0 Å². The van der Waals surface area contributed by atoms with Crippen LogP contribution in [0.15, 0.2) is 133 Å². The van der Waals surface area contributed by atoms with E-state index in [0.29, 0.717) is 30.2 Å². The molecule has 1 saturated heterocycles. The summed E-state index contributed by atoms with van der Waals surface area (Å²) in [4.78, 5) is 18.0. The van der Waals surface area contributed by atoms with E-state index in [-0.39, 0.29) is 22.9 Å². The van der Waals surface area contributed by atoms with Crippen LogP contribution in [0.3, 0.4) is 0 Å². The highest BCUT2D eigenvalue weighted by atomic mass is 15.2. The summed E-state index contributed by atoms with van der Waals surface area (Å²) in [6.07, 6.45) is 16.0. The number of pyridine rings is 1. The van der Waals surface area contributed by atoms with Crippen LogP contribution in [-0.4, -0.2) is 95.9 Å². The molecule has 3 N–H and O–H groups in total. The van der Waals surface area contributed by atoms with Crippen LogP contribution in [0.5, 0.6) is 0 Å². The minimum absolute atomic E-state index is 0.0221. The van der Waals surface area contributed by atoms with E-state index in [1.54, 1.807) is 0 Å². The first-order chi connectivity index (χ1) is 38.7. The minimum atomic E-state index is -0.0904. The number of benzene rings is 3. The van der Waals surface area contributed by atoms with E-state index >= 15 is 0 Å². The average molecular weight is 1090 g/mol. The number of nitrogens with one attached hydrogen (secondary N) is 1. The predicted octanol–water partition coefficient (Wildman–Crippen LogP) is 16.3. The van der Waals surface area contributed by atoms with Crippen molar-refractivity contribution in [2.75, 3.05) is 53.9 Å².